The van der Waals surface area contributed by atoms with Crippen LogP contribution in [0.5, 0.6) is 5.75 Å². The van der Waals surface area contributed by atoms with Gasteiger partial charge in [-0.05, 0) is 118 Å². The van der Waals surface area contributed by atoms with Crippen molar-refractivity contribution in [2.45, 2.75) is 110 Å². The van der Waals surface area contributed by atoms with Gasteiger partial charge in [-0.3, -0.25) is 24.4 Å². The van der Waals surface area contributed by atoms with Crippen LogP contribution in [0.25, 0.3) is 33.3 Å². The topological polar surface area (TPSA) is 147 Å². The van der Waals surface area contributed by atoms with E-state index in [1.165, 1.54) is 5.01 Å². The van der Waals surface area contributed by atoms with Gasteiger partial charge in [0, 0.05) is 54.7 Å². The average Bonchev–Trinajstić information content (AvgIpc) is 3.85. The van der Waals surface area contributed by atoms with Gasteiger partial charge in [-0.2, -0.15) is 0 Å². The van der Waals surface area contributed by atoms with Crippen LogP contribution in [0.4, 0.5) is 0 Å². The minimum atomic E-state index is -0.956. The Labute approximate surface area is 335 Å². The quantitative estimate of drug-likeness (QED) is 0.153. The van der Waals surface area contributed by atoms with E-state index in [-0.39, 0.29) is 42.6 Å². The zero-order chi connectivity index (χ0) is 40.4. The SMILES string of the molecule is CCn1c(-c2cccnc2[C@H](C)OC)c2c3cc(ccc31)-c1cc(O)cc(c1)C[C@H](NC(=O)C(NC)C1CCCC1)C(=O)N1CCC[C@H](N1)C(=O)OCC(C)(C)C2. The van der Waals surface area contributed by atoms with Gasteiger partial charge in [0.25, 0.3) is 5.91 Å². The Morgan fingerprint density at radius 1 is 1.09 bits per heavy atom. The van der Waals surface area contributed by atoms with Crippen molar-refractivity contribution in [2.24, 2.45) is 11.3 Å². The zero-order valence-electron chi connectivity index (χ0n) is 34.2. The molecule has 304 valence electrons. The number of ether oxygens (including phenoxy) is 2. The van der Waals surface area contributed by atoms with Crippen LogP contribution in [0.1, 0.15) is 89.1 Å². The predicted octanol–water partition coefficient (Wildman–Crippen LogP) is 6.23. The summed E-state index contributed by atoms with van der Waals surface area (Å²) >= 11 is 0. The molecule has 1 aliphatic carbocycles. The van der Waals surface area contributed by atoms with Crippen LogP contribution in [-0.4, -0.2) is 82.9 Å². The van der Waals surface area contributed by atoms with Gasteiger partial charge in [-0.25, -0.2) is 5.43 Å². The number of fused-ring (bicyclic) bond motifs is 6. The Morgan fingerprint density at radius 3 is 2.61 bits per heavy atom. The third-order valence-electron chi connectivity index (χ3n) is 12.1. The largest absolute Gasteiger partial charge is 0.508 e. The van der Waals surface area contributed by atoms with E-state index < -0.39 is 29.5 Å². The standard InChI is InChI=1S/C45H58N6O6/c1-7-50-38-17-16-30-24-34(38)35(41(50)33-14-10-18-47-39(33)27(2)56-6)25-45(3,4)26-57-44(55)36-15-11-19-51(49-36)43(54)37(22-28-20-31(30)23-32(52)21-28)48-42(53)40(46-5)29-12-8-9-13-29/h10,14,16-18,20-21,23-24,27,29,36-37,40,46,49,52H,7-9,11-13,15,19,22,25-26H2,1-6H3,(H,48,53)/t27-,36-,37-,40?/m0/s1. The molecule has 4 heterocycles. The number of methoxy groups -OCH3 is 1. The van der Waals surface area contributed by atoms with Crippen LogP contribution in [0.2, 0.25) is 0 Å². The lowest BCUT2D eigenvalue weighted by molar-refractivity contribution is -0.155. The second-order valence-corrected chi connectivity index (χ2v) is 16.8. The summed E-state index contributed by atoms with van der Waals surface area (Å²) in [6, 6.07) is 13.7. The van der Waals surface area contributed by atoms with E-state index in [9.17, 15) is 19.5 Å². The highest BCUT2D eigenvalue weighted by atomic mass is 16.5. The number of nitrogens with one attached hydrogen (secondary N) is 3. The van der Waals surface area contributed by atoms with Gasteiger partial charge in [0.05, 0.1) is 30.1 Å². The number of hydrazine groups is 1. The number of hydrogen-bond donors (Lipinski definition) is 4. The molecule has 4 aromatic rings. The highest BCUT2D eigenvalue weighted by Crippen LogP contribution is 2.42. The van der Waals surface area contributed by atoms with Crippen LogP contribution in [-0.2, 0) is 43.2 Å². The van der Waals surface area contributed by atoms with Gasteiger partial charge in [0.1, 0.15) is 17.8 Å². The van der Waals surface area contributed by atoms with Crippen LogP contribution < -0.4 is 16.1 Å². The molecule has 2 amide bonds. The Bertz CT molecular complexity index is 2120. The number of aryl methyl sites for hydroxylation is 1. The number of aromatic nitrogens is 2. The summed E-state index contributed by atoms with van der Waals surface area (Å²) in [6.07, 6.45) is 7.42. The van der Waals surface area contributed by atoms with E-state index in [1.807, 2.05) is 19.1 Å². The summed E-state index contributed by atoms with van der Waals surface area (Å²) in [5, 5.41) is 20.0. The lowest BCUT2D eigenvalue weighted by atomic mass is 9.84. The molecule has 6 bridgehead atoms. The maximum Gasteiger partial charge on any atom is 0.324 e. The number of hydrogen-bond acceptors (Lipinski definition) is 9. The molecule has 2 aliphatic heterocycles. The highest BCUT2D eigenvalue weighted by Gasteiger charge is 2.37. The summed E-state index contributed by atoms with van der Waals surface area (Å²) in [4.78, 5) is 46.9. The molecule has 12 nitrogen and oxygen atoms in total. The van der Waals surface area contributed by atoms with Crippen LogP contribution >= 0.6 is 0 Å². The summed E-state index contributed by atoms with van der Waals surface area (Å²) in [5.74, 6) is -0.742. The van der Waals surface area contributed by atoms with E-state index in [2.05, 4.69) is 65.7 Å². The number of amides is 2. The number of aromatic hydroxyl groups is 1. The first-order valence-corrected chi connectivity index (χ1v) is 20.6. The summed E-state index contributed by atoms with van der Waals surface area (Å²) in [6.45, 7) is 9.58. The molecular weight excluding hydrogens is 721 g/mol. The van der Waals surface area contributed by atoms with E-state index >= 15 is 0 Å². The fourth-order valence-corrected chi connectivity index (χ4v) is 9.20. The molecule has 2 fully saturated rings. The van der Waals surface area contributed by atoms with Crippen molar-refractivity contribution in [3.05, 3.63) is 71.5 Å². The minimum absolute atomic E-state index is 0.0641. The summed E-state index contributed by atoms with van der Waals surface area (Å²) in [5.41, 5.74) is 10.1. The van der Waals surface area contributed by atoms with Crippen LogP contribution in [0, 0.1) is 11.3 Å². The van der Waals surface area contributed by atoms with E-state index in [0.29, 0.717) is 37.9 Å². The minimum Gasteiger partial charge on any atom is -0.508 e. The smallest absolute Gasteiger partial charge is 0.324 e. The number of esters is 1. The number of carbonyl (C=O) groups is 3. The molecule has 2 aromatic carbocycles. The van der Waals surface area contributed by atoms with Gasteiger partial charge < -0.3 is 29.8 Å². The molecule has 1 saturated heterocycles. The first-order valence-electron chi connectivity index (χ1n) is 20.6. The van der Waals surface area contributed by atoms with Crippen molar-refractivity contribution < 1.29 is 29.0 Å². The Hall–Kier alpha value is -4.78. The van der Waals surface area contributed by atoms with Crippen molar-refractivity contribution >= 4 is 28.7 Å². The Balaban J connectivity index is 1.37. The number of rotatable bonds is 8. The fraction of sp³-hybridized carbons (Fsp3) is 0.511. The molecule has 12 heteroatoms. The Morgan fingerprint density at radius 2 is 1.88 bits per heavy atom. The maximum absolute atomic E-state index is 14.4. The number of carbonyl (C=O) groups excluding carboxylic acids is 3. The summed E-state index contributed by atoms with van der Waals surface area (Å²) in [7, 11) is 3.48. The molecule has 4 N–H and O–H groups in total. The van der Waals surface area contributed by atoms with Gasteiger partial charge in [-0.15, -0.1) is 0 Å². The van der Waals surface area contributed by atoms with Crippen molar-refractivity contribution in [3.8, 4) is 28.1 Å². The molecule has 2 aromatic heterocycles. The lowest BCUT2D eigenvalue weighted by Crippen LogP contribution is -2.61. The number of nitrogens with zero attached hydrogens (tertiary/aromatic N) is 3. The molecule has 57 heavy (non-hydrogen) atoms. The molecule has 0 spiro atoms. The maximum atomic E-state index is 14.4. The molecule has 0 radical (unpaired) electrons. The lowest BCUT2D eigenvalue weighted by Gasteiger charge is -2.36. The van der Waals surface area contributed by atoms with E-state index in [0.717, 1.165) is 70.2 Å². The van der Waals surface area contributed by atoms with E-state index in [4.69, 9.17) is 14.5 Å². The summed E-state index contributed by atoms with van der Waals surface area (Å²) < 4.78 is 14.2. The molecule has 1 saturated carbocycles. The predicted molar refractivity (Wildman–Crippen MR) is 220 cm³/mol. The second kappa shape index (κ2) is 17.0. The fourth-order valence-electron chi connectivity index (χ4n) is 9.20. The normalized spacial score (nSPS) is 21.5. The Kier molecular flexibility index (Phi) is 12.0. The van der Waals surface area contributed by atoms with Gasteiger partial charge >= 0.3 is 5.97 Å². The van der Waals surface area contributed by atoms with Crippen LogP contribution in [0.3, 0.4) is 0 Å². The number of pyridine rings is 1. The van der Waals surface area contributed by atoms with Crippen LogP contribution in [0.15, 0.2) is 54.7 Å². The number of phenolic OH excluding ortho intramolecular Hbond substituents is 1. The monoisotopic (exact) mass is 778 g/mol. The number of benzene rings is 2. The third-order valence-corrected chi connectivity index (χ3v) is 12.1. The van der Waals surface area contributed by atoms with Gasteiger partial charge in [0.15, 0.2) is 0 Å². The van der Waals surface area contributed by atoms with Gasteiger partial charge in [-0.1, -0.05) is 38.8 Å². The molecule has 7 rings (SSSR count). The van der Waals surface area contributed by atoms with E-state index in [1.54, 1.807) is 32.5 Å². The van der Waals surface area contributed by atoms with Crippen molar-refractivity contribution in [3.63, 3.8) is 0 Å². The van der Waals surface area contributed by atoms with Crippen molar-refractivity contribution in [1.82, 2.24) is 30.6 Å². The average molecular weight is 779 g/mol. The molecule has 4 atom stereocenters. The molecule has 3 aliphatic rings. The zero-order valence-corrected chi connectivity index (χ0v) is 34.2. The first kappa shape index (κ1) is 40.4. The molecule has 1 unspecified atom stereocenters. The van der Waals surface area contributed by atoms with Crippen molar-refractivity contribution in [2.75, 3.05) is 27.3 Å². The second-order valence-electron chi connectivity index (χ2n) is 16.8. The highest BCUT2D eigenvalue weighted by molar-refractivity contribution is 5.95. The number of likely N-dealkylation sites (N-methyl/N-ethyl adjacent to an activating group) is 1. The molecular formula is C45H58N6O6. The van der Waals surface area contributed by atoms with Crippen molar-refractivity contribution in [1.29, 1.82) is 0 Å². The number of phenols is 1. The first-order chi connectivity index (χ1) is 27.4. The third kappa shape index (κ3) is 8.44. The number of cyclic esters (lactones) is 1. The van der Waals surface area contributed by atoms with Gasteiger partial charge in [0.2, 0.25) is 5.91 Å².